The van der Waals surface area contributed by atoms with Gasteiger partial charge in [-0.1, -0.05) is 36.9 Å². The fraction of sp³-hybridized carbons (Fsp3) is 0.353. The zero-order valence-electron chi connectivity index (χ0n) is 13.4. The molecule has 1 aromatic carbocycles. The van der Waals surface area contributed by atoms with E-state index in [0.717, 1.165) is 17.3 Å². The lowest BCUT2D eigenvalue weighted by atomic mass is 10.0. The SMILES string of the molecule is C=CSC1(C(=O)O)CS[C@@H]2C(NC(=O)Cc3ccccc3)C(=O)N2C1. The Kier molecular flexibility index (Phi) is 5.10. The Morgan fingerprint density at radius 1 is 1.44 bits per heavy atom. The Balaban J connectivity index is 1.61. The molecule has 2 unspecified atom stereocenters. The summed E-state index contributed by atoms with van der Waals surface area (Å²) in [5.41, 5.74) is 0.882. The van der Waals surface area contributed by atoms with E-state index < -0.39 is 16.8 Å². The predicted molar refractivity (Wildman–Crippen MR) is 98.2 cm³/mol. The molecule has 25 heavy (non-hydrogen) atoms. The number of carbonyl (C=O) groups excluding carboxylic acids is 2. The van der Waals surface area contributed by atoms with E-state index in [9.17, 15) is 19.5 Å². The van der Waals surface area contributed by atoms with Crippen molar-refractivity contribution in [2.24, 2.45) is 0 Å². The summed E-state index contributed by atoms with van der Waals surface area (Å²) in [5, 5.41) is 13.6. The molecule has 0 spiro atoms. The first kappa shape index (κ1) is 17.9. The number of β-lactam (4-membered cyclic amide) rings is 1. The highest BCUT2D eigenvalue weighted by Gasteiger charge is 2.57. The fourth-order valence-corrected chi connectivity index (χ4v) is 5.47. The third-order valence-corrected chi connectivity index (χ3v) is 7.05. The van der Waals surface area contributed by atoms with Crippen molar-refractivity contribution in [1.29, 1.82) is 0 Å². The van der Waals surface area contributed by atoms with Gasteiger partial charge in [-0.2, -0.15) is 0 Å². The molecule has 0 aliphatic carbocycles. The number of fused-ring (bicyclic) bond motifs is 1. The highest BCUT2D eigenvalue weighted by molar-refractivity contribution is 8.06. The van der Waals surface area contributed by atoms with Crippen LogP contribution in [0.25, 0.3) is 0 Å². The molecule has 132 valence electrons. The van der Waals surface area contributed by atoms with Crippen LogP contribution in [-0.4, -0.2) is 56.3 Å². The largest absolute Gasteiger partial charge is 0.480 e. The first-order valence-corrected chi connectivity index (χ1v) is 9.67. The van der Waals surface area contributed by atoms with Gasteiger partial charge in [-0.15, -0.1) is 23.5 Å². The molecule has 2 saturated heterocycles. The van der Waals surface area contributed by atoms with Gasteiger partial charge in [-0.05, 0) is 11.0 Å². The van der Waals surface area contributed by atoms with Gasteiger partial charge in [0.2, 0.25) is 11.8 Å². The summed E-state index contributed by atoms with van der Waals surface area (Å²) in [6, 6.07) is 8.73. The minimum atomic E-state index is -1.07. The molecule has 2 amide bonds. The van der Waals surface area contributed by atoms with Crippen LogP contribution in [0.2, 0.25) is 0 Å². The Hall–Kier alpha value is -1.93. The second-order valence-electron chi connectivity index (χ2n) is 5.96. The number of benzene rings is 1. The molecule has 2 aliphatic heterocycles. The van der Waals surface area contributed by atoms with Crippen molar-refractivity contribution in [2.45, 2.75) is 22.6 Å². The molecule has 0 bridgehead atoms. The van der Waals surface area contributed by atoms with Crippen molar-refractivity contribution in [3.05, 3.63) is 47.9 Å². The van der Waals surface area contributed by atoms with Gasteiger partial charge in [0.15, 0.2) is 0 Å². The number of hydrogen-bond acceptors (Lipinski definition) is 5. The van der Waals surface area contributed by atoms with Gasteiger partial charge in [-0.3, -0.25) is 14.4 Å². The van der Waals surface area contributed by atoms with E-state index in [1.165, 1.54) is 22.1 Å². The lowest BCUT2D eigenvalue weighted by Gasteiger charge is -2.53. The number of carbonyl (C=O) groups is 3. The lowest BCUT2D eigenvalue weighted by molar-refractivity contribution is -0.152. The molecule has 2 N–H and O–H groups in total. The summed E-state index contributed by atoms with van der Waals surface area (Å²) < 4.78 is -1.07. The van der Waals surface area contributed by atoms with Crippen molar-refractivity contribution in [3.63, 3.8) is 0 Å². The standard InChI is InChI=1S/C17H18N2O4S2/c1-2-25-17(16(22)23)9-19-14(21)13(15(19)24-10-17)18-12(20)8-11-6-4-3-5-7-11/h2-7,13,15H,1,8-10H2,(H,18,20)(H,22,23)/t13?,15-,17?/m1/s1. The molecule has 0 radical (unpaired) electrons. The fourth-order valence-electron chi connectivity index (χ4n) is 2.97. The van der Waals surface area contributed by atoms with Crippen LogP contribution in [0, 0.1) is 0 Å². The maximum Gasteiger partial charge on any atom is 0.322 e. The average molecular weight is 378 g/mol. The Morgan fingerprint density at radius 2 is 2.16 bits per heavy atom. The van der Waals surface area contributed by atoms with E-state index in [4.69, 9.17) is 0 Å². The molecule has 0 saturated carbocycles. The average Bonchev–Trinajstić information content (AvgIpc) is 2.60. The van der Waals surface area contributed by atoms with Crippen LogP contribution in [0.5, 0.6) is 0 Å². The third-order valence-electron chi connectivity index (χ3n) is 4.28. The van der Waals surface area contributed by atoms with Crippen LogP contribution in [0.3, 0.4) is 0 Å². The number of thioether (sulfide) groups is 2. The Morgan fingerprint density at radius 3 is 2.80 bits per heavy atom. The maximum atomic E-state index is 12.4. The third kappa shape index (κ3) is 3.41. The summed E-state index contributed by atoms with van der Waals surface area (Å²) in [5.74, 6) is -1.03. The number of amides is 2. The highest BCUT2D eigenvalue weighted by atomic mass is 32.2. The van der Waals surface area contributed by atoms with Crippen LogP contribution in [0.4, 0.5) is 0 Å². The number of carboxylic acids is 1. The van der Waals surface area contributed by atoms with Gasteiger partial charge in [-0.25, -0.2) is 0 Å². The van der Waals surface area contributed by atoms with Crippen molar-refractivity contribution in [1.82, 2.24) is 10.2 Å². The molecule has 0 aromatic heterocycles. The molecule has 2 aliphatic rings. The summed E-state index contributed by atoms with van der Waals surface area (Å²) in [4.78, 5) is 37.7. The topological polar surface area (TPSA) is 86.7 Å². The number of nitrogens with one attached hydrogen (secondary N) is 1. The molecular weight excluding hydrogens is 360 g/mol. The van der Waals surface area contributed by atoms with Gasteiger partial charge >= 0.3 is 5.97 Å². The maximum absolute atomic E-state index is 12.4. The van der Waals surface area contributed by atoms with Crippen LogP contribution in [0.1, 0.15) is 5.56 Å². The van der Waals surface area contributed by atoms with Crippen molar-refractivity contribution in [3.8, 4) is 0 Å². The second kappa shape index (κ2) is 7.13. The molecular formula is C17H18N2O4S2. The molecule has 8 heteroatoms. The molecule has 6 nitrogen and oxygen atoms in total. The minimum absolute atomic E-state index is 0.126. The number of rotatable bonds is 6. The zero-order valence-corrected chi connectivity index (χ0v) is 15.0. The smallest absolute Gasteiger partial charge is 0.322 e. The van der Waals surface area contributed by atoms with Crippen molar-refractivity contribution >= 4 is 41.3 Å². The van der Waals surface area contributed by atoms with Crippen LogP contribution >= 0.6 is 23.5 Å². The van der Waals surface area contributed by atoms with E-state index in [0.29, 0.717) is 5.75 Å². The molecule has 2 heterocycles. The minimum Gasteiger partial charge on any atom is -0.480 e. The van der Waals surface area contributed by atoms with E-state index in [1.54, 1.807) is 0 Å². The van der Waals surface area contributed by atoms with E-state index in [2.05, 4.69) is 11.9 Å². The summed E-state index contributed by atoms with van der Waals surface area (Å²) >= 11 is 2.52. The monoisotopic (exact) mass is 378 g/mol. The normalized spacial score (nSPS) is 27.8. The van der Waals surface area contributed by atoms with Gasteiger partial charge in [0.1, 0.15) is 16.2 Å². The van der Waals surface area contributed by atoms with Gasteiger partial charge in [0.05, 0.1) is 6.42 Å². The van der Waals surface area contributed by atoms with E-state index in [1.807, 2.05) is 30.3 Å². The van der Waals surface area contributed by atoms with Crippen molar-refractivity contribution in [2.75, 3.05) is 12.3 Å². The van der Waals surface area contributed by atoms with Crippen molar-refractivity contribution < 1.29 is 19.5 Å². The summed E-state index contributed by atoms with van der Waals surface area (Å²) in [6.45, 7) is 3.71. The first-order chi connectivity index (χ1) is 12.0. The second-order valence-corrected chi connectivity index (χ2v) is 8.41. The highest BCUT2D eigenvalue weighted by Crippen LogP contribution is 2.44. The van der Waals surface area contributed by atoms with E-state index in [-0.39, 0.29) is 30.2 Å². The lowest BCUT2D eigenvalue weighted by Crippen LogP contribution is -2.74. The van der Waals surface area contributed by atoms with Gasteiger partial charge in [0, 0.05) is 12.3 Å². The predicted octanol–water partition coefficient (Wildman–Crippen LogP) is 1.33. The Labute approximate surface area is 154 Å². The first-order valence-electron chi connectivity index (χ1n) is 7.74. The number of aliphatic carboxylic acids is 1. The number of hydrogen-bond donors (Lipinski definition) is 2. The quantitative estimate of drug-likeness (QED) is 0.727. The molecule has 3 atom stereocenters. The van der Waals surface area contributed by atoms with Crippen LogP contribution in [0.15, 0.2) is 42.3 Å². The summed E-state index contributed by atoms with van der Waals surface area (Å²) in [7, 11) is 0. The van der Waals surface area contributed by atoms with Gasteiger partial charge < -0.3 is 15.3 Å². The van der Waals surface area contributed by atoms with Crippen LogP contribution in [-0.2, 0) is 20.8 Å². The molecule has 3 rings (SSSR count). The molecule has 2 fully saturated rings. The molecule has 1 aromatic rings. The van der Waals surface area contributed by atoms with Crippen LogP contribution < -0.4 is 5.32 Å². The van der Waals surface area contributed by atoms with E-state index >= 15 is 0 Å². The number of carboxylic acid groups (broad SMARTS) is 1. The zero-order chi connectivity index (χ0) is 18.0. The number of nitrogens with zero attached hydrogens (tertiary/aromatic N) is 1. The van der Waals surface area contributed by atoms with Gasteiger partial charge in [0.25, 0.3) is 0 Å². The Bertz CT molecular complexity index is 712. The summed E-state index contributed by atoms with van der Waals surface area (Å²) in [6.07, 6.45) is 0.216.